The van der Waals surface area contributed by atoms with Crippen LogP contribution in [0.25, 0.3) is 0 Å². The summed E-state index contributed by atoms with van der Waals surface area (Å²) in [6.45, 7) is 2.75. The van der Waals surface area contributed by atoms with Gasteiger partial charge in [0.2, 0.25) is 11.8 Å². The Morgan fingerprint density at radius 3 is 2.00 bits per heavy atom. The summed E-state index contributed by atoms with van der Waals surface area (Å²) in [6.07, 6.45) is 0. The van der Waals surface area contributed by atoms with Crippen molar-refractivity contribution >= 4 is 50.5 Å². The molecule has 0 aliphatic carbocycles. The van der Waals surface area contributed by atoms with Crippen LogP contribution in [0.4, 0.5) is 17.1 Å². The van der Waals surface area contributed by atoms with Gasteiger partial charge in [-0.1, -0.05) is 29.8 Å². The molecule has 0 saturated carbocycles. The number of para-hydroxylation sites is 1. The standard InChI is InChI=1S/C23H22ClN3O4S/c1-16-5-3-4-6-22(16)27(32(30,31)21-13-7-18(24)8-14-21)15-23(29)26-20-11-9-19(10-12-20)25-17(2)28/h3-14H,15H2,1-2H3,(H,25,28)(H,26,29). The van der Waals surface area contributed by atoms with E-state index < -0.39 is 22.5 Å². The van der Waals surface area contributed by atoms with Crippen LogP contribution in [0.3, 0.4) is 0 Å². The van der Waals surface area contributed by atoms with Crippen LogP contribution in [-0.4, -0.2) is 26.8 Å². The minimum absolute atomic E-state index is 0.0256. The van der Waals surface area contributed by atoms with Crippen molar-refractivity contribution in [1.29, 1.82) is 0 Å². The van der Waals surface area contributed by atoms with Crippen LogP contribution in [0.5, 0.6) is 0 Å². The Balaban J connectivity index is 1.87. The molecule has 2 N–H and O–H groups in total. The second-order valence-electron chi connectivity index (χ2n) is 7.06. The molecule has 0 saturated heterocycles. The summed E-state index contributed by atoms with van der Waals surface area (Å²) in [4.78, 5) is 24.0. The van der Waals surface area contributed by atoms with Crippen LogP contribution in [0, 0.1) is 6.92 Å². The average molecular weight is 472 g/mol. The maximum absolute atomic E-state index is 13.4. The van der Waals surface area contributed by atoms with Gasteiger partial charge in [-0.25, -0.2) is 8.42 Å². The first-order chi connectivity index (χ1) is 15.2. The third-order valence-electron chi connectivity index (χ3n) is 4.56. The molecule has 0 heterocycles. The lowest BCUT2D eigenvalue weighted by atomic mass is 10.2. The monoisotopic (exact) mass is 471 g/mol. The maximum Gasteiger partial charge on any atom is 0.264 e. The van der Waals surface area contributed by atoms with Gasteiger partial charge in [-0.05, 0) is 67.1 Å². The second-order valence-corrected chi connectivity index (χ2v) is 9.36. The van der Waals surface area contributed by atoms with Crippen LogP contribution >= 0.6 is 11.6 Å². The van der Waals surface area contributed by atoms with E-state index in [9.17, 15) is 18.0 Å². The summed E-state index contributed by atoms with van der Waals surface area (Å²) in [5.41, 5.74) is 2.16. The Bertz CT molecular complexity index is 1230. The van der Waals surface area contributed by atoms with Crippen molar-refractivity contribution in [3.63, 3.8) is 0 Å². The average Bonchev–Trinajstić information content (AvgIpc) is 2.74. The number of nitrogens with zero attached hydrogens (tertiary/aromatic N) is 1. The van der Waals surface area contributed by atoms with Crippen LogP contribution in [-0.2, 0) is 19.6 Å². The predicted molar refractivity (Wildman–Crippen MR) is 127 cm³/mol. The molecule has 0 aliphatic rings. The smallest absolute Gasteiger partial charge is 0.264 e. The minimum Gasteiger partial charge on any atom is -0.326 e. The number of hydrogen-bond donors (Lipinski definition) is 2. The molecule has 32 heavy (non-hydrogen) atoms. The fraction of sp³-hybridized carbons (Fsp3) is 0.130. The van der Waals surface area contributed by atoms with Crippen molar-refractivity contribution < 1.29 is 18.0 Å². The molecule has 3 aromatic rings. The van der Waals surface area contributed by atoms with E-state index in [4.69, 9.17) is 11.6 Å². The van der Waals surface area contributed by atoms with Crippen molar-refractivity contribution in [1.82, 2.24) is 0 Å². The lowest BCUT2D eigenvalue weighted by Crippen LogP contribution is -2.38. The Morgan fingerprint density at radius 1 is 0.875 bits per heavy atom. The first kappa shape index (κ1) is 23.3. The van der Waals surface area contributed by atoms with Crippen LogP contribution in [0.15, 0.2) is 77.7 Å². The highest BCUT2D eigenvalue weighted by Gasteiger charge is 2.28. The highest BCUT2D eigenvalue weighted by Crippen LogP contribution is 2.27. The van der Waals surface area contributed by atoms with Gasteiger partial charge in [0, 0.05) is 23.3 Å². The van der Waals surface area contributed by atoms with Crippen molar-refractivity contribution in [2.45, 2.75) is 18.7 Å². The minimum atomic E-state index is -4.03. The molecule has 166 valence electrons. The molecule has 0 aromatic heterocycles. The number of aryl methyl sites for hydroxylation is 1. The zero-order chi connectivity index (χ0) is 23.3. The van der Waals surface area contributed by atoms with E-state index in [1.54, 1.807) is 55.5 Å². The molecular formula is C23H22ClN3O4S. The number of sulfonamides is 1. The molecule has 3 aromatic carbocycles. The van der Waals surface area contributed by atoms with Gasteiger partial charge in [0.15, 0.2) is 0 Å². The van der Waals surface area contributed by atoms with Crippen molar-refractivity contribution in [3.8, 4) is 0 Å². The Morgan fingerprint density at radius 2 is 1.44 bits per heavy atom. The third-order valence-corrected chi connectivity index (χ3v) is 6.59. The van der Waals surface area contributed by atoms with Crippen molar-refractivity contribution in [2.75, 3.05) is 21.5 Å². The van der Waals surface area contributed by atoms with Gasteiger partial charge in [-0.3, -0.25) is 13.9 Å². The van der Waals surface area contributed by atoms with Gasteiger partial charge in [0.05, 0.1) is 10.6 Å². The molecule has 2 amide bonds. The number of anilines is 3. The van der Waals surface area contributed by atoms with E-state index in [0.29, 0.717) is 27.6 Å². The van der Waals surface area contributed by atoms with E-state index in [2.05, 4.69) is 10.6 Å². The molecule has 0 fully saturated rings. The maximum atomic E-state index is 13.4. The quantitative estimate of drug-likeness (QED) is 0.532. The zero-order valence-corrected chi connectivity index (χ0v) is 19.1. The number of amides is 2. The van der Waals surface area contributed by atoms with Crippen LogP contribution in [0.2, 0.25) is 5.02 Å². The van der Waals surface area contributed by atoms with E-state index >= 15 is 0 Å². The Hall–Kier alpha value is -3.36. The summed E-state index contributed by atoms with van der Waals surface area (Å²) in [5, 5.41) is 5.74. The summed E-state index contributed by atoms with van der Waals surface area (Å²) >= 11 is 5.90. The molecular weight excluding hydrogens is 450 g/mol. The van der Waals surface area contributed by atoms with E-state index in [1.807, 2.05) is 0 Å². The normalized spacial score (nSPS) is 11.0. The molecule has 0 spiro atoms. The van der Waals surface area contributed by atoms with Gasteiger partial charge in [-0.15, -0.1) is 0 Å². The molecule has 0 unspecified atom stereocenters. The van der Waals surface area contributed by atoms with Gasteiger partial charge >= 0.3 is 0 Å². The first-order valence-electron chi connectivity index (χ1n) is 9.68. The third kappa shape index (κ3) is 5.66. The largest absolute Gasteiger partial charge is 0.326 e. The highest BCUT2D eigenvalue weighted by molar-refractivity contribution is 7.92. The molecule has 7 nitrogen and oxygen atoms in total. The fourth-order valence-electron chi connectivity index (χ4n) is 3.05. The number of carbonyl (C=O) groups is 2. The van der Waals surface area contributed by atoms with Gasteiger partial charge in [-0.2, -0.15) is 0 Å². The van der Waals surface area contributed by atoms with Crippen LogP contribution < -0.4 is 14.9 Å². The van der Waals surface area contributed by atoms with E-state index in [-0.39, 0.29) is 10.8 Å². The van der Waals surface area contributed by atoms with Crippen molar-refractivity contribution in [2.24, 2.45) is 0 Å². The van der Waals surface area contributed by atoms with Gasteiger partial charge in [0.25, 0.3) is 10.0 Å². The number of rotatable bonds is 7. The molecule has 9 heteroatoms. The SMILES string of the molecule is CC(=O)Nc1ccc(NC(=O)CN(c2ccccc2C)S(=O)(=O)c2ccc(Cl)cc2)cc1. The molecule has 0 aliphatic heterocycles. The Labute approximate surface area is 192 Å². The van der Waals surface area contributed by atoms with Crippen LogP contribution in [0.1, 0.15) is 12.5 Å². The molecule has 0 atom stereocenters. The summed E-state index contributed by atoms with van der Waals surface area (Å²) in [7, 11) is -4.03. The molecule has 0 bridgehead atoms. The van der Waals surface area contributed by atoms with Crippen molar-refractivity contribution in [3.05, 3.63) is 83.4 Å². The van der Waals surface area contributed by atoms with E-state index in [1.165, 1.54) is 31.2 Å². The number of hydrogen-bond acceptors (Lipinski definition) is 4. The molecule has 0 radical (unpaired) electrons. The second kappa shape index (κ2) is 9.84. The zero-order valence-electron chi connectivity index (χ0n) is 17.5. The lowest BCUT2D eigenvalue weighted by Gasteiger charge is -2.25. The number of carbonyl (C=O) groups excluding carboxylic acids is 2. The summed E-state index contributed by atoms with van der Waals surface area (Å²) < 4.78 is 27.9. The lowest BCUT2D eigenvalue weighted by molar-refractivity contribution is -0.115. The van der Waals surface area contributed by atoms with Gasteiger partial charge < -0.3 is 10.6 Å². The summed E-state index contributed by atoms with van der Waals surface area (Å²) in [6, 6.07) is 19.2. The number of benzene rings is 3. The van der Waals surface area contributed by atoms with E-state index in [0.717, 1.165) is 4.31 Å². The topological polar surface area (TPSA) is 95.6 Å². The highest BCUT2D eigenvalue weighted by atomic mass is 35.5. The predicted octanol–water partition coefficient (Wildman–Crippen LogP) is 4.44. The molecule has 3 rings (SSSR count). The summed E-state index contributed by atoms with van der Waals surface area (Å²) in [5.74, 6) is -0.721. The first-order valence-corrected chi connectivity index (χ1v) is 11.5. The van der Waals surface area contributed by atoms with Gasteiger partial charge in [0.1, 0.15) is 6.54 Å². The fourth-order valence-corrected chi connectivity index (χ4v) is 4.66. The Kier molecular flexibility index (Phi) is 7.17. The number of nitrogens with one attached hydrogen (secondary N) is 2. The number of halogens is 1.